The summed E-state index contributed by atoms with van der Waals surface area (Å²) in [6.07, 6.45) is 1.42. The summed E-state index contributed by atoms with van der Waals surface area (Å²) in [6, 6.07) is 12.4. The minimum Gasteiger partial charge on any atom is -0.455 e. The van der Waals surface area contributed by atoms with E-state index in [0.717, 1.165) is 11.1 Å². The van der Waals surface area contributed by atoms with Crippen LogP contribution in [0.1, 0.15) is 36.9 Å². The van der Waals surface area contributed by atoms with Gasteiger partial charge in [-0.25, -0.2) is 0 Å². The number of nitrogens with one attached hydrogen (secondary N) is 1. The third kappa shape index (κ3) is 3.64. The van der Waals surface area contributed by atoms with Crippen LogP contribution in [-0.2, 0) is 19.7 Å². The molecule has 1 heterocycles. The SMILES string of the molecule is C[C@H](NC(=O)COC(=O)C1(c2ccc(Cl)cc2)CC1)c1ccc2c(c1)OCO2. The van der Waals surface area contributed by atoms with Crippen molar-refractivity contribution in [3.8, 4) is 11.5 Å². The Morgan fingerprint density at radius 2 is 1.86 bits per heavy atom. The molecule has 146 valence electrons. The first-order valence-corrected chi connectivity index (χ1v) is 9.48. The molecule has 2 aromatic rings. The molecule has 0 spiro atoms. The van der Waals surface area contributed by atoms with Crippen LogP contribution in [0.25, 0.3) is 0 Å². The number of esters is 1. The second kappa shape index (κ2) is 7.36. The largest absolute Gasteiger partial charge is 0.455 e. The Bertz CT molecular complexity index is 908. The molecule has 1 amide bonds. The maximum atomic E-state index is 12.5. The van der Waals surface area contributed by atoms with E-state index in [4.69, 9.17) is 25.8 Å². The number of rotatable bonds is 6. The second-order valence-corrected chi connectivity index (χ2v) is 7.50. The Kier molecular flexibility index (Phi) is 4.89. The van der Waals surface area contributed by atoms with Crippen molar-refractivity contribution in [3.63, 3.8) is 0 Å². The van der Waals surface area contributed by atoms with Gasteiger partial charge in [-0.1, -0.05) is 29.8 Å². The van der Waals surface area contributed by atoms with Gasteiger partial charge in [0, 0.05) is 5.02 Å². The average molecular weight is 402 g/mol. The molecule has 4 rings (SSSR count). The van der Waals surface area contributed by atoms with E-state index in [2.05, 4.69) is 5.32 Å². The lowest BCUT2D eigenvalue weighted by atomic mass is 9.96. The standard InChI is InChI=1S/C21H20ClNO5/c1-13(14-2-7-17-18(10-14)28-12-27-17)23-19(24)11-26-20(25)21(8-9-21)15-3-5-16(22)6-4-15/h2-7,10,13H,8-9,11-12H2,1H3,(H,23,24)/t13-/m0/s1. The number of hydrogen-bond acceptors (Lipinski definition) is 5. The van der Waals surface area contributed by atoms with Crippen LogP contribution in [0.4, 0.5) is 0 Å². The molecule has 1 fully saturated rings. The highest BCUT2D eigenvalue weighted by Gasteiger charge is 2.52. The summed E-state index contributed by atoms with van der Waals surface area (Å²) in [5.41, 5.74) is 1.10. The maximum absolute atomic E-state index is 12.5. The molecule has 1 atom stereocenters. The molecular weight excluding hydrogens is 382 g/mol. The zero-order valence-electron chi connectivity index (χ0n) is 15.4. The Morgan fingerprint density at radius 3 is 2.57 bits per heavy atom. The molecule has 2 aromatic carbocycles. The van der Waals surface area contributed by atoms with Crippen LogP contribution in [0.2, 0.25) is 5.02 Å². The van der Waals surface area contributed by atoms with E-state index in [0.29, 0.717) is 29.4 Å². The Balaban J connectivity index is 1.32. The quantitative estimate of drug-likeness (QED) is 0.749. The van der Waals surface area contributed by atoms with Gasteiger partial charge in [0.25, 0.3) is 5.91 Å². The van der Waals surface area contributed by atoms with Gasteiger partial charge in [0.05, 0.1) is 11.5 Å². The Labute approximate surface area is 167 Å². The predicted octanol–water partition coefficient (Wildman–Crippen LogP) is 3.52. The van der Waals surface area contributed by atoms with Gasteiger partial charge in [0.1, 0.15) is 0 Å². The van der Waals surface area contributed by atoms with Gasteiger partial charge in [-0.3, -0.25) is 9.59 Å². The molecule has 0 radical (unpaired) electrons. The van der Waals surface area contributed by atoms with Crippen molar-refractivity contribution in [2.24, 2.45) is 0 Å². The summed E-state index contributed by atoms with van der Waals surface area (Å²) < 4.78 is 15.9. The monoisotopic (exact) mass is 401 g/mol. The normalized spacial score (nSPS) is 16.9. The number of carbonyl (C=O) groups is 2. The van der Waals surface area contributed by atoms with E-state index >= 15 is 0 Å². The van der Waals surface area contributed by atoms with E-state index in [1.807, 2.05) is 37.3 Å². The maximum Gasteiger partial charge on any atom is 0.317 e. The van der Waals surface area contributed by atoms with Gasteiger partial charge in [0.15, 0.2) is 18.1 Å². The van der Waals surface area contributed by atoms with Gasteiger partial charge in [-0.05, 0) is 55.2 Å². The number of halogens is 1. The first-order valence-electron chi connectivity index (χ1n) is 9.10. The molecule has 1 aliphatic carbocycles. The first kappa shape index (κ1) is 18.6. The van der Waals surface area contributed by atoms with Gasteiger partial charge in [0.2, 0.25) is 6.79 Å². The van der Waals surface area contributed by atoms with E-state index < -0.39 is 5.41 Å². The number of fused-ring (bicyclic) bond motifs is 1. The summed E-state index contributed by atoms with van der Waals surface area (Å²) >= 11 is 5.91. The molecule has 7 heteroatoms. The predicted molar refractivity (Wildman–Crippen MR) is 102 cm³/mol. The van der Waals surface area contributed by atoms with Crippen LogP contribution in [0.5, 0.6) is 11.5 Å². The fourth-order valence-corrected chi connectivity index (χ4v) is 3.45. The van der Waals surface area contributed by atoms with Crippen LogP contribution in [-0.4, -0.2) is 25.3 Å². The van der Waals surface area contributed by atoms with E-state index in [1.165, 1.54) is 0 Å². The van der Waals surface area contributed by atoms with Gasteiger partial charge in [-0.15, -0.1) is 0 Å². The summed E-state index contributed by atoms with van der Waals surface area (Å²) in [4.78, 5) is 24.8. The minimum absolute atomic E-state index is 0.199. The highest BCUT2D eigenvalue weighted by Crippen LogP contribution is 2.49. The van der Waals surface area contributed by atoms with Gasteiger partial charge >= 0.3 is 5.97 Å². The summed E-state index contributed by atoms with van der Waals surface area (Å²) in [5.74, 6) is 0.614. The number of benzene rings is 2. The topological polar surface area (TPSA) is 73.9 Å². The zero-order valence-corrected chi connectivity index (χ0v) is 16.1. The zero-order chi connectivity index (χ0) is 19.7. The van der Waals surface area contributed by atoms with Crippen LogP contribution in [0.15, 0.2) is 42.5 Å². The lowest BCUT2D eigenvalue weighted by Crippen LogP contribution is -2.33. The van der Waals surface area contributed by atoms with Crippen LogP contribution < -0.4 is 14.8 Å². The molecule has 1 saturated carbocycles. The number of amides is 1. The van der Waals surface area contributed by atoms with Crippen LogP contribution in [0, 0.1) is 0 Å². The molecule has 2 aliphatic rings. The Hall–Kier alpha value is -2.73. The van der Waals surface area contributed by atoms with Crippen LogP contribution >= 0.6 is 11.6 Å². The molecule has 1 N–H and O–H groups in total. The van der Waals surface area contributed by atoms with Gasteiger partial charge in [-0.2, -0.15) is 0 Å². The highest BCUT2D eigenvalue weighted by molar-refractivity contribution is 6.30. The van der Waals surface area contributed by atoms with Crippen molar-refractivity contribution in [2.75, 3.05) is 13.4 Å². The van der Waals surface area contributed by atoms with E-state index in [9.17, 15) is 9.59 Å². The minimum atomic E-state index is -0.645. The molecule has 1 aliphatic heterocycles. The fraction of sp³-hybridized carbons (Fsp3) is 0.333. The van der Waals surface area contributed by atoms with E-state index in [-0.39, 0.29) is 31.3 Å². The van der Waals surface area contributed by atoms with Gasteiger partial charge < -0.3 is 19.5 Å². The smallest absolute Gasteiger partial charge is 0.317 e. The fourth-order valence-electron chi connectivity index (χ4n) is 3.32. The molecule has 0 aromatic heterocycles. The Morgan fingerprint density at radius 1 is 1.14 bits per heavy atom. The number of hydrogen-bond donors (Lipinski definition) is 1. The van der Waals surface area contributed by atoms with Crippen molar-refractivity contribution >= 4 is 23.5 Å². The summed E-state index contributed by atoms with van der Waals surface area (Å²) in [5, 5.41) is 3.45. The van der Waals surface area contributed by atoms with E-state index in [1.54, 1.807) is 12.1 Å². The first-order chi connectivity index (χ1) is 13.5. The number of carbonyl (C=O) groups excluding carboxylic acids is 2. The van der Waals surface area contributed by atoms with Crippen molar-refractivity contribution in [2.45, 2.75) is 31.2 Å². The molecular formula is C21H20ClNO5. The van der Waals surface area contributed by atoms with Crippen molar-refractivity contribution in [1.82, 2.24) is 5.32 Å². The lowest BCUT2D eigenvalue weighted by molar-refractivity contribution is -0.151. The summed E-state index contributed by atoms with van der Waals surface area (Å²) in [7, 11) is 0. The third-order valence-electron chi connectivity index (χ3n) is 5.15. The molecule has 0 bridgehead atoms. The number of ether oxygens (including phenoxy) is 3. The van der Waals surface area contributed by atoms with Crippen molar-refractivity contribution in [3.05, 3.63) is 58.6 Å². The lowest BCUT2D eigenvalue weighted by Gasteiger charge is -2.17. The molecule has 0 unspecified atom stereocenters. The summed E-state index contributed by atoms with van der Waals surface area (Å²) in [6.45, 7) is 1.74. The second-order valence-electron chi connectivity index (χ2n) is 7.07. The molecule has 6 nitrogen and oxygen atoms in total. The third-order valence-corrected chi connectivity index (χ3v) is 5.40. The average Bonchev–Trinajstić information content (AvgIpc) is 3.37. The highest BCUT2D eigenvalue weighted by atomic mass is 35.5. The molecule has 0 saturated heterocycles. The van der Waals surface area contributed by atoms with Crippen molar-refractivity contribution < 1.29 is 23.8 Å². The van der Waals surface area contributed by atoms with Crippen LogP contribution in [0.3, 0.4) is 0 Å². The molecule has 28 heavy (non-hydrogen) atoms. The van der Waals surface area contributed by atoms with Crippen molar-refractivity contribution in [1.29, 1.82) is 0 Å².